The van der Waals surface area contributed by atoms with Crippen molar-refractivity contribution in [3.05, 3.63) is 23.8 Å². The first-order valence-electron chi connectivity index (χ1n) is 5.45. The minimum Gasteiger partial charge on any atom is -0.398 e. The van der Waals surface area contributed by atoms with Crippen molar-refractivity contribution in [2.24, 2.45) is 0 Å². The molecular weight excluding hydrogens is 220 g/mol. The zero-order valence-corrected chi connectivity index (χ0v) is 10.1. The molecule has 0 radical (unpaired) electrons. The number of hydrogen-bond donors (Lipinski definition) is 2. The smallest absolute Gasteiger partial charge is 0.237 e. The fourth-order valence-electron chi connectivity index (χ4n) is 1.73. The van der Waals surface area contributed by atoms with E-state index >= 15 is 0 Å². The Morgan fingerprint density at radius 2 is 2.38 bits per heavy atom. The van der Waals surface area contributed by atoms with Crippen LogP contribution < -0.4 is 11.1 Å². The van der Waals surface area contributed by atoms with Gasteiger partial charge in [-0.25, -0.2) is 0 Å². The molecule has 1 saturated heterocycles. The molecule has 2 rings (SSSR count). The van der Waals surface area contributed by atoms with Crippen LogP contribution in [0.5, 0.6) is 0 Å². The SMILES string of the molecule is Cc1ccc(NC(=O)C2CCCS2)cc1N. The monoisotopic (exact) mass is 236 g/mol. The molecule has 0 aliphatic carbocycles. The highest BCUT2D eigenvalue weighted by atomic mass is 32.2. The van der Waals surface area contributed by atoms with Gasteiger partial charge in [0.05, 0.1) is 5.25 Å². The zero-order valence-electron chi connectivity index (χ0n) is 9.32. The number of amides is 1. The third-order valence-corrected chi connectivity index (χ3v) is 4.15. The Morgan fingerprint density at radius 1 is 1.56 bits per heavy atom. The number of nitrogens with one attached hydrogen (secondary N) is 1. The molecule has 0 bridgehead atoms. The molecule has 16 heavy (non-hydrogen) atoms. The lowest BCUT2D eigenvalue weighted by molar-refractivity contribution is -0.115. The summed E-state index contributed by atoms with van der Waals surface area (Å²) in [6.45, 7) is 1.95. The second-order valence-electron chi connectivity index (χ2n) is 4.06. The van der Waals surface area contributed by atoms with Crippen molar-refractivity contribution in [3.8, 4) is 0 Å². The molecule has 0 saturated carbocycles. The lowest BCUT2D eigenvalue weighted by Gasteiger charge is -2.11. The van der Waals surface area contributed by atoms with E-state index in [1.165, 1.54) is 0 Å². The average molecular weight is 236 g/mol. The van der Waals surface area contributed by atoms with Crippen LogP contribution in [0.2, 0.25) is 0 Å². The van der Waals surface area contributed by atoms with E-state index in [-0.39, 0.29) is 11.2 Å². The van der Waals surface area contributed by atoms with Crippen LogP contribution in [-0.2, 0) is 4.79 Å². The molecule has 1 heterocycles. The normalized spacial score (nSPS) is 19.7. The van der Waals surface area contributed by atoms with Gasteiger partial charge < -0.3 is 11.1 Å². The molecule has 1 amide bonds. The summed E-state index contributed by atoms with van der Waals surface area (Å²) in [4.78, 5) is 11.8. The number of thioether (sulfide) groups is 1. The van der Waals surface area contributed by atoms with Crippen molar-refractivity contribution >= 4 is 29.0 Å². The number of benzene rings is 1. The summed E-state index contributed by atoms with van der Waals surface area (Å²) in [6, 6.07) is 5.63. The van der Waals surface area contributed by atoms with Gasteiger partial charge in [0.2, 0.25) is 5.91 Å². The van der Waals surface area contributed by atoms with Gasteiger partial charge in [0.1, 0.15) is 0 Å². The van der Waals surface area contributed by atoms with Crippen LogP contribution in [0.1, 0.15) is 18.4 Å². The van der Waals surface area contributed by atoms with E-state index < -0.39 is 0 Å². The molecule has 0 spiro atoms. The fourth-order valence-corrected chi connectivity index (χ4v) is 2.89. The Morgan fingerprint density at radius 3 is 3.00 bits per heavy atom. The van der Waals surface area contributed by atoms with Crippen LogP contribution >= 0.6 is 11.8 Å². The number of anilines is 2. The largest absolute Gasteiger partial charge is 0.398 e. The lowest BCUT2D eigenvalue weighted by atomic mass is 10.2. The molecule has 1 aliphatic rings. The van der Waals surface area contributed by atoms with Crippen LogP contribution in [0.3, 0.4) is 0 Å². The number of carbonyl (C=O) groups is 1. The third-order valence-electron chi connectivity index (χ3n) is 2.77. The van der Waals surface area contributed by atoms with Gasteiger partial charge in [0, 0.05) is 11.4 Å². The zero-order chi connectivity index (χ0) is 11.5. The number of nitrogen functional groups attached to an aromatic ring is 1. The summed E-state index contributed by atoms with van der Waals surface area (Å²) < 4.78 is 0. The molecule has 3 N–H and O–H groups in total. The highest BCUT2D eigenvalue weighted by Crippen LogP contribution is 2.27. The molecule has 1 aliphatic heterocycles. The fraction of sp³-hybridized carbons (Fsp3) is 0.417. The molecule has 3 nitrogen and oxygen atoms in total. The maximum atomic E-state index is 11.8. The molecule has 0 aromatic heterocycles. The van der Waals surface area contributed by atoms with E-state index in [4.69, 9.17) is 5.73 Å². The summed E-state index contributed by atoms with van der Waals surface area (Å²) in [6.07, 6.45) is 2.12. The molecule has 4 heteroatoms. The number of nitrogens with two attached hydrogens (primary N) is 1. The average Bonchev–Trinajstić information content (AvgIpc) is 2.77. The molecular formula is C12H16N2OS. The van der Waals surface area contributed by atoms with E-state index in [1.807, 2.05) is 25.1 Å². The van der Waals surface area contributed by atoms with Crippen molar-refractivity contribution in [1.82, 2.24) is 0 Å². The lowest BCUT2D eigenvalue weighted by Crippen LogP contribution is -2.22. The highest BCUT2D eigenvalue weighted by molar-refractivity contribution is 8.00. The molecule has 86 valence electrons. The number of aryl methyl sites for hydroxylation is 1. The second-order valence-corrected chi connectivity index (χ2v) is 5.37. The summed E-state index contributed by atoms with van der Waals surface area (Å²) >= 11 is 1.73. The number of rotatable bonds is 2. The van der Waals surface area contributed by atoms with Crippen LogP contribution in [0.4, 0.5) is 11.4 Å². The van der Waals surface area contributed by atoms with Crippen molar-refractivity contribution in [2.75, 3.05) is 16.8 Å². The first-order valence-corrected chi connectivity index (χ1v) is 6.50. The van der Waals surface area contributed by atoms with Crippen LogP contribution in [-0.4, -0.2) is 16.9 Å². The van der Waals surface area contributed by atoms with E-state index in [9.17, 15) is 4.79 Å². The topological polar surface area (TPSA) is 55.1 Å². The Bertz CT molecular complexity index is 400. The highest BCUT2D eigenvalue weighted by Gasteiger charge is 2.23. The van der Waals surface area contributed by atoms with Crippen molar-refractivity contribution in [2.45, 2.75) is 25.0 Å². The Balaban J connectivity index is 2.02. The quantitative estimate of drug-likeness (QED) is 0.775. The predicted molar refractivity (Wildman–Crippen MR) is 69.7 cm³/mol. The third kappa shape index (κ3) is 2.50. The minimum absolute atomic E-state index is 0.103. The summed E-state index contributed by atoms with van der Waals surface area (Å²) in [7, 11) is 0. The Hall–Kier alpha value is -1.16. The number of hydrogen-bond acceptors (Lipinski definition) is 3. The van der Waals surface area contributed by atoms with E-state index in [0.29, 0.717) is 0 Å². The first kappa shape index (κ1) is 11.3. The molecule has 1 unspecified atom stereocenters. The van der Waals surface area contributed by atoms with Gasteiger partial charge in [0.15, 0.2) is 0 Å². The maximum Gasteiger partial charge on any atom is 0.237 e. The first-order chi connectivity index (χ1) is 7.66. The van der Waals surface area contributed by atoms with E-state index in [0.717, 1.165) is 35.5 Å². The van der Waals surface area contributed by atoms with Gasteiger partial charge >= 0.3 is 0 Å². The second kappa shape index (κ2) is 4.78. The van der Waals surface area contributed by atoms with Crippen LogP contribution in [0, 0.1) is 6.92 Å². The minimum atomic E-state index is 0.103. The van der Waals surface area contributed by atoms with Gasteiger partial charge in [-0.3, -0.25) is 4.79 Å². The summed E-state index contributed by atoms with van der Waals surface area (Å²) in [5.74, 6) is 1.19. The van der Waals surface area contributed by atoms with Gasteiger partial charge in [-0.05, 0) is 43.2 Å². The Labute approximate surface area is 99.8 Å². The molecule has 1 aromatic carbocycles. The van der Waals surface area contributed by atoms with Gasteiger partial charge in [-0.15, -0.1) is 11.8 Å². The van der Waals surface area contributed by atoms with Crippen molar-refractivity contribution in [3.63, 3.8) is 0 Å². The standard InChI is InChI=1S/C12H16N2OS/c1-8-4-5-9(7-10(8)13)14-12(15)11-3-2-6-16-11/h4-5,7,11H,2-3,6,13H2,1H3,(H,14,15). The predicted octanol–water partition coefficient (Wildman–Crippen LogP) is 2.41. The summed E-state index contributed by atoms with van der Waals surface area (Å²) in [5.41, 5.74) is 8.34. The molecule has 1 aromatic rings. The van der Waals surface area contributed by atoms with Crippen LogP contribution in [0.25, 0.3) is 0 Å². The van der Waals surface area contributed by atoms with E-state index in [2.05, 4.69) is 5.32 Å². The summed E-state index contributed by atoms with van der Waals surface area (Å²) in [5, 5.41) is 3.03. The van der Waals surface area contributed by atoms with Crippen molar-refractivity contribution in [1.29, 1.82) is 0 Å². The van der Waals surface area contributed by atoms with Gasteiger partial charge in [0.25, 0.3) is 0 Å². The maximum absolute atomic E-state index is 11.8. The molecule has 1 fully saturated rings. The Kier molecular flexibility index (Phi) is 3.39. The van der Waals surface area contributed by atoms with Gasteiger partial charge in [-0.2, -0.15) is 0 Å². The van der Waals surface area contributed by atoms with Crippen LogP contribution in [0.15, 0.2) is 18.2 Å². The van der Waals surface area contributed by atoms with Gasteiger partial charge in [-0.1, -0.05) is 6.07 Å². The molecule has 1 atom stereocenters. The number of carbonyl (C=O) groups excluding carboxylic acids is 1. The van der Waals surface area contributed by atoms with Crippen molar-refractivity contribution < 1.29 is 4.79 Å². The van der Waals surface area contributed by atoms with E-state index in [1.54, 1.807) is 11.8 Å².